The molecule has 1 amide bonds. The van der Waals surface area contributed by atoms with Crippen molar-refractivity contribution in [2.75, 3.05) is 18.5 Å². The topological polar surface area (TPSA) is 65.4 Å². The first-order valence-corrected chi connectivity index (χ1v) is 10.8. The van der Waals surface area contributed by atoms with E-state index in [1.54, 1.807) is 13.1 Å². The molecule has 0 spiro atoms. The van der Waals surface area contributed by atoms with E-state index in [0.29, 0.717) is 36.4 Å². The molecule has 2 heterocycles. The summed E-state index contributed by atoms with van der Waals surface area (Å²) in [7, 11) is 0. The lowest BCUT2D eigenvalue weighted by atomic mass is 10.1. The number of aromatic nitrogens is 2. The molecule has 0 radical (unpaired) electrons. The average Bonchev–Trinajstić information content (AvgIpc) is 3.21. The van der Waals surface area contributed by atoms with Crippen LogP contribution >= 0.6 is 11.8 Å². The minimum absolute atomic E-state index is 0.419. The number of carbonyl (C=O) groups excluding carboxylic acids is 1. The molecule has 32 heavy (non-hydrogen) atoms. The van der Waals surface area contributed by atoms with Gasteiger partial charge < -0.3 is 19.4 Å². The summed E-state index contributed by atoms with van der Waals surface area (Å²) in [4.78, 5) is 17.0. The van der Waals surface area contributed by atoms with Crippen molar-refractivity contribution in [3.05, 3.63) is 54.0 Å². The van der Waals surface area contributed by atoms with E-state index in [0.717, 1.165) is 23.4 Å². The average molecular weight is 463 g/mol. The summed E-state index contributed by atoms with van der Waals surface area (Å²) in [5.41, 5.74) is 1.31. The van der Waals surface area contributed by atoms with Gasteiger partial charge in [-0.25, -0.2) is 18.2 Å². The monoisotopic (exact) mass is 463 g/mol. The van der Waals surface area contributed by atoms with Crippen LogP contribution in [0, 0.1) is 17.5 Å². The van der Waals surface area contributed by atoms with Gasteiger partial charge in [-0.2, -0.15) is 0 Å². The predicted octanol–water partition coefficient (Wildman–Crippen LogP) is 4.88. The highest BCUT2D eigenvalue weighted by atomic mass is 32.2. The first kappa shape index (κ1) is 22.1. The van der Waals surface area contributed by atoms with E-state index >= 15 is 0 Å². The SMILES string of the molecule is CCn1c(-c2ccc3c(c2)OCCO3)cnc1SC(C)C(=O)Nc1ccc(F)c(F)c1F. The lowest BCUT2D eigenvalue weighted by Crippen LogP contribution is -2.23. The lowest BCUT2D eigenvalue weighted by Gasteiger charge is -2.19. The number of benzene rings is 2. The summed E-state index contributed by atoms with van der Waals surface area (Å²) in [6.45, 7) is 5.16. The molecule has 10 heteroatoms. The first-order chi connectivity index (χ1) is 15.4. The van der Waals surface area contributed by atoms with E-state index in [1.807, 2.05) is 29.7 Å². The highest BCUT2D eigenvalue weighted by Crippen LogP contribution is 2.36. The van der Waals surface area contributed by atoms with Crippen molar-refractivity contribution in [1.82, 2.24) is 9.55 Å². The summed E-state index contributed by atoms with van der Waals surface area (Å²) >= 11 is 1.17. The number of amides is 1. The predicted molar refractivity (Wildman–Crippen MR) is 115 cm³/mol. The van der Waals surface area contributed by atoms with Crippen LogP contribution in [0.2, 0.25) is 0 Å². The number of hydrogen-bond donors (Lipinski definition) is 1. The van der Waals surface area contributed by atoms with Crippen LogP contribution in [-0.4, -0.2) is 33.9 Å². The molecule has 1 atom stereocenters. The second-order valence-corrected chi connectivity index (χ2v) is 8.31. The number of nitrogens with one attached hydrogen (secondary N) is 1. The van der Waals surface area contributed by atoms with E-state index in [-0.39, 0.29) is 0 Å². The third-order valence-corrected chi connectivity index (χ3v) is 6.02. The maximum atomic E-state index is 13.9. The molecule has 2 aromatic carbocycles. The molecule has 0 saturated heterocycles. The molecule has 1 N–H and O–H groups in total. The maximum Gasteiger partial charge on any atom is 0.237 e. The molecule has 0 bridgehead atoms. The number of carbonyl (C=O) groups is 1. The minimum Gasteiger partial charge on any atom is -0.486 e. The van der Waals surface area contributed by atoms with Gasteiger partial charge in [-0.15, -0.1) is 0 Å². The smallest absolute Gasteiger partial charge is 0.237 e. The Kier molecular flexibility index (Phi) is 6.31. The zero-order chi connectivity index (χ0) is 22.8. The van der Waals surface area contributed by atoms with Gasteiger partial charge >= 0.3 is 0 Å². The van der Waals surface area contributed by atoms with E-state index in [2.05, 4.69) is 10.3 Å². The van der Waals surface area contributed by atoms with Crippen LogP contribution < -0.4 is 14.8 Å². The zero-order valence-electron chi connectivity index (χ0n) is 17.3. The van der Waals surface area contributed by atoms with Gasteiger partial charge in [0.25, 0.3) is 0 Å². The van der Waals surface area contributed by atoms with Gasteiger partial charge in [-0.3, -0.25) is 4.79 Å². The molecule has 1 unspecified atom stereocenters. The second-order valence-electron chi connectivity index (χ2n) is 7.00. The number of ether oxygens (including phenoxy) is 2. The number of hydrogen-bond acceptors (Lipinski definition) is 5. The van der Waals surface area contributed by atoms with Crippen molar-refractivity contribution in [3.63, 3.8) is 0 Å². The molecule has 1 aliphatic rings. The number of imidazole rings is 1. The van der Waals surface area contributed by atoms with Crippen LogP contribution in [0.3, 0.4) is 0 Å². The Bertz CT molecular complexity index is 1170. The fourth-order valence-electron chi connectivity index (χ4n) is 3.26. The van der Waals surface area contributed by atoms with Gasteiger partial charge in [-0.05, 0) is 44.2 Å². The van der Waals surface area contributed by atoms with Gasteiger partial charge in [-0.1, -0.05) is 11.8 Å². The van der Waals surface area contributed by atoms with Crippen LogP contribution in [0.5, 0.6) is 11.5 Å². The normalized spacial score (nSPS) is 13.7. The van der Waals surface area contributed by atoms with E-state index in [4.69, 9.17) is 9.47 Å². The summed E-state index contributed by atoms with van der Waals surface area (Å²) in [5.74, 6) is -3.61. The van der Waals surface area contributed by atoms with Gasteiger partial charge in [0.1, 0.15) is 13.2 Å². The number of halogens is 3. The van der Waals surface area contributed by atoms with Crippen molar-refractivity contribution in [1.29, 1.82) is 0 Å². The third kappa shape index (κ3) is 4.27. The molecule has 0 aliphatic carbocycles. The molecular formula is C22H20F3N3O3S. The van der Waals surface area contributed by atoms with Gasteiger partial charge in [0, 0.05) is 12.1 Å². The molecule has 168 valence electrons. The molecule has 0 fully saturated rings. The number of fused-ring (bicyclic) bond motifs is 1. The maximum absolute atomic E-state index is 13.9. The van der Waals surface area contributed by atoms with Crippen LogP contribution in [0.1, 0.15) is 13.8 Å². The molecule has 6 nitrogen and oxygen atoms in total. The van der Waals surface area contributed by atoms with E-state index in [9.17, 15) is 18.0 Å². The van der Waals surface area contributed by atoms with Gasteiger partial charge in [0.2, 0.25) is 5.91 Å². The fourth-order valence-corrected chi connectivity index (χ4v) is 4.21. The highest BCUT2D eigenvalue weighted by molar-refractivity contribution is 8.00. The van der Waals surface area contributed by atoms with Crippen LogP contribution in [-0.2, 0) is 11.3 Å². The van der Waals surface area contributed by atoms with Crippen molar-refractivity contribution in [2.24, 2.45) is 0 Å². The number of anilines is 1. The standard InChI is InChI=1S/C22H20F3N3O3S/c1-3-28-16(13-4-7-17-18(10-13)31-9-8-30-17)11-26-22(28)32-12(2)21(29)27-15-6-5-14(23)19(24)20(15)25/h4-7,10-12H,3,8-9H2,1-2H3,(H,27,29). The van der Waals surface area contributed by atoms with Crippen LogP contribution in [0.15, 0.2) is 41.7 Å². The van der Waals surface area contributed by atoms with Crippen molar-refractivity contribution in [2.45, 2.75) is 30.8 Å². The molecule has 3 aromatic rings. The first-order valence-electron chi connectivity index (χ1n) is 9.95. The number of rotatable bonds is 6. The Morgan fingerprint density at radius 2 is 1.91 bits per heavy atom. The Hall–Kier alpha value is -3.14. The molecule has 4 rings (SSSR count). The van der Waals surface area contributed by atoms with Crippen LogP contribution in [0.25, 0.3) is 11.3 Å². The van der Waals surface area contributed by atoms with Crippen molar-refractivity contribution < 1.29 is 27.4 Å². The molecular weight excluding hydrogens is 443 g/mol. The van der Waals surface area contributed by atoms with Crippen molar-refractivity contribution in [3.8, 4) is 22.8 Å². The quantitative estimate of drug-likeness (QED) is 0.417. The third-order valence-electron chi connectivity index (χ3n) is 4.92. The summed E-state index contributed by atoms with van der Waals surface area (Å²) < 4.78 is 53.5. The Morgan fingerprint density at radius 3 is 2.66 bits per heavy atom. The Labute approximate surface area is 186 Å². The van der Waals surface area contributed by atoms with Crippen molar-refractivity contribution >= 4 is 23.4 Å². The largest absolute Gasteiger partial charge is 0.486 e. The van der Waals surface area contributed by atoms with Crippen LogP contribution in [0.4, 0.5) is 18.9 Å². The summed E-state index contributed by atoms with van der Waals surface area (Å²) in [6.07, 6.45) is 1.71. The van der Waals surface area contributed by atoms with E-state index < -0.39 is 34.3 Å². The summed E-state index contributed by atoms with van der Waals surface area (Å²) in [5, 5.41) is 2.21. The Morgan fingerprint density at radius 1 is 1.16 bits per heavy atom. The molecule has 1 aliphatic heterocycles. The number of thioether (sulfide) groups is 1. The van der Waals surface area contributed by atoms with E-state index in [1.165, 1.54) is 11.8 Å². The Balaban J connectivity index is 1.52. The second kappa shape index (κ2) is 9.15. The lowest BCUT2D eigenvalue weighted by molar-refractivity contribution is -0.115. The molecule has 1 aromatic heterocycles. The van der Waals surface area contributed by atoms with Gasteiger partial charge in [0.15, 0.2) is 34.1 Å². The molecule has 0 saturated carbocycles. The fraction of sp³-hybridized carbons (Fsp3) is 0.273. The summed E-state index contributed by atoms with van der Waals surface area (Å²) in [6, 6.07) is 7.38. The minimum atomic E-state index is -1.63. The highest BCUT2D eigenvalue weighted by Gasteiger charge is 2.22. The van der Waals surface area contributed by atoms with Gasteiger partial charge in [0.05, 0.1) is 22.8 Å². The number of nitrogens with zero attached hydrogens (tertiary/aromatic N) is 2. The zero-order valence-corrected chi connectivity index (χ0v) is 18.1.